The molecule has 0 bridgehead atoms. The first-order valence-corrected chi connectivity index (χ1v) is 8.02. The highest BCUT2D eigenvalue weighted by atomic mass is 16.6. The van der Waals surface area contributed by atoms with Gasteiger partial charge in [-0.3, -0.25) is 14.9 Å². The van der Waals surface area contributed by atoms with Gasteiger partial charge in [0.15, 0.2) is 0 Å². The van der Waals surface area contributed by atoms with Crippen LogP contribution in [0.25, 0.3) is 0 Å². The van der Waals surface area contributed by atoms with Crippen LogP contribution in [0.5, 0.6) is 0 Å². The first-order chi connectivity index (χ1) is 13.5. The Kier molecular flexibility index (Phi) is 6.82. The van der Waals surface area contributed by atoms with Gasteiger partial charge in [-0.1, -0.05) is 24.3 Å². The Morgan fingerprint density at radius 1 is 1.21 bits per heavy atom. The fraction of sp³-hybridized carbons (Fsp3) is 0.105. The van der Waals surface area contributed by atoms with Gasteiger partial charge in [0, 0.05) is 18.8 Å². The predicted molar refractivity (Wildman–Crippen MR) is 100 cm³/mol. The number of para-hydroxylation sites is 2. The van der Waals surface area contributed by atoms with Gasteiger partial charge < -0.3 is 15.4 Å². The average molecular weight is 380 g/mol. The number of rotatable bonds is 7. The van der Waals surface area contributed by atoms with E-state index in [4.69, 9.17) is 0 Å². The zero-order chi connectivity index (χ0) is 20.5. The third-order valence-corrected chi connectivity index (χ3v) is 3.64. The van der Waals surface area contributed by atoms with Gasteiger partial charge in [0.05, 0.1) is 17.6 Å². The molecule has 0 heterocycles. The van der Waals surface area contributed by atoms with Crippen LogP contribution in [-0.4, -0.2) is 23.9 Å². The highest BCUT2D eigenvalue weighted by molar-refractivity contribution is 6.07. The first-order valence-electron chi connectivity index (χ1n) is 8.02. The second kappa shape index (κ2) is 9.49. The van der Waals surface area contributed by atoms with Crippen molar-refractivity contribution in [3.63, 3.8) is 0 Å². The van der Waals surface area contributed by atoms with Gasteiger partial charge in [-0.05, 0) is 23.8 Å². The summed E-state index contributed by atoms with van der Waals surface area (Å²) in [5.74, 6) is -1.22. The second-order valence-electron chi connectivity index (χ2n) is 5.47. The molecule has 0 saturated carbocycles. The molecule has 0 radical (unpaired) electrons. The summed E-state index contributed by atoms with van der Waals surface area (Å²) >= 11 is 0. The normalized spacial score (nSPS) is 10.5. The number of carbonyl (C=O) groups excluding carboxylic acids is 2. The van der Waals surface area contributed by atoms with Crippen LogP contribution in [0.2, 0.25) is 0 Å². The van der Waals surface area contributed by atoms with E-state index >= 15 is 0 Å². The molecule has 0 atom stereocenters. The van der Waals surface area contributed by atoms with Gasteiger partial charge in [0.25, 0.3) is 11.6 Å². The molecule has 1 amide bonds. The van der Waals surface area contributed by atoms with Crippen molar-refractivity contribution in [3.8, 4) is 6.07 Å². The van der Waals surface area contributed by atoms with Gasteiger partial charge in [-0.15, -0.1) is 0 Å². The van der Waals surface area contributed by atoms with Gasteiger partial charge >= 0.3 is 5.97 Å². The minimum Gasteiger partial charge on any atom is -0.465 e. The number of nitro benzene ring substituents is 1. The first kappa shape index (κ1) is 20.1. The molecule has 9 nitrogen and oxygen atoms in total. The summed E-state index contributed by atoms with van der Waals surface area (Å²) in [4.78, 5) is 34.0. The number of nitro groups is 1. The quantitative estimate of drug-likeness (QED) is 0.248. The molecule has 0 aliphatic heterocycles. The molecular formula is C19H16N4O5. The molecule has 2 aromatic carbocycles. The zero-order valence-corrected chi connectivity index (χ0v) is 14.8. The average Bonchev–Trinajstić information content (AvgIpc) is 2.71. The number of nitrogens with zero attached hydrogens (tertiary/aromatic N) is 2. The maximum atomic E-state index is 12.2. The molecule has 142 valence electrons. The van der Waals surface area contributed by atoms with Gasteiger partial charge in [-0.25, -0.2) is 4.79 Å². The number of hydrogen-bond acceptors (Lipinski definition) is 7. The highest BCUT2D eigenvalue weighted by Gasteiger charge is 2.17. The lowest BCUT2D eigenvalue weighted by atomic mass is 10.1. The summed E-state index contributed by atoms with van der Waals surface area (Å²) in [6, 6.07) is 14.0. The predicted octanol–water partition coefficient (Wildman–Crippen LogP) is 2.52. The van der Waals surface area contributed by atoms with Crippen LogP contribution < -0.4 is 10.6 Å². The minimum atomic E-state index is -0.773. The smallest absolute Gasteiger partial charge is 0.337 e. The molecule has 2 N–H and O–H groups in total. The lowest BCUT2D eigenvalue weighted by Crippen LogP contribution is -2.17. The lowest BCUT2D eigenvalue weighted by Gasteiger charge is -2.06. The van der Waals surface area contributed by atoms with Crippen LogP contribution in [-0.2, 0) is 16.1 Å². The number of hydrogen-bond donors (Lipinski definition) is 2. The Morgan fingerprint density at radius 2 is 1.89 bits per heavy atom. The lowest BCUT2D eigenvalue weighted by molar-refractivity contribution is -0.383. The van der Waals surface area contributed by atoms with Crippen LogP contribution in [0.4, 0.5) is 11.4 Å². The second-order valence-corrected chi connectivity index (χ2v) is 5.47. The molecule has 28 heavy (non-hydrogen) atoms. The molecule has 9 heteroatoms. The van der Waals surface area contributed by atoms with Crippen molar-refractivity contribution in [1.29, 1.82) is 5.26 Å². The molecule has 0 saturated heterocycles. The van der Waals surface area contributed by atoms with E-state index < -0.39 is 16.8 Å². The fourth-order valence-electron chi connectivity index (χ4n) is 2.22. The van der Waals surface area contributed by atoms with Crippen molar-refractivity contribution in [2.24, 2.45) is 0 Å². The van der Waals surface area contributed by atoms with Gasteiger partial charge in [0.2, 0.25) is 0 Å². The van der Waals surface area contributed by atoms with Crippen LogP contribution in [0, 0.1) is 21.4 Å². The van der Waals surface area contributed by atoms with E-state index in [0.717, 1.165) is 5.56 Å². The summed E-state index contributed by atoms with van der Waals surface area (Å²) in [6.07, 6.45) is 1.22. The van der Waals surface area contributed by atoms with Gasteiger partial charge in [0.1, 0.15) is 17.3 Å². The largest absolute Gasteiger partial charge is 0.465 e. The van der Waals surface area contributed by atoms with Crippen molar-refractivity contribution in [2.75, 3.05) is 12.4 Å². The number of nitrogens with one attached hydrogen (secondary N) is 2. The van der Waals surface area contributed by atoms with Crippen molar-refractivity contribution >= 4 is 23.3 Å². The van der Waals surface area contributed by atoms with Crippen molar-refractivity contribution in [2.45, 2.75) is 6.54 Å². The van der Waals surface area contributed by atoms with E-state index in [-0.39, 0.29) is 16.9 Å². The third-order valence-electron chi connectivity index (χ3n) is 3.64. The Morgan fingerprint density at radius 3 is 2.50 bits per heavy atom. The number of methoxy groups -OCH3 is 1. The molecule has 2 aromatic rings. The fourth-order valence-corrected chi connectivity index (χ4v) is 2.22. The standard InChI is InChI=1S/C19H16N4O5/c1-28-19(25)14-8-6-13(7-9-14)11-21-12-15(10-20)18(24)22-16-4-2-3-5-17(16)23(26)27/h2-9,12,21H,11H2,1H3,(H,22,24)/b15-12-. The summed E-state index contributed by atoms with van der Waals surface area (Å²) in [6.45, 7) is 0.297. The van der Waals surface area contributed by atoms with E-state index in [0.29, 0.717) is 12.1 Å². The van der Waals surface area contributed by atoms with E-state index in [9.17, 15) is 25.0 Å². The van der Waals surface area contributed by atoms with Crippen LogP contribution in [0.1, 0.15) is 15.9 Å². The number of carbonyl (C=O) groups is 2. The van der Waals surface area contributed by atoms with Crippen molar-refractivity contribution in [1.82, 2.24) is 5.32 Å². The van der Waals surface area contributed by atoms with E-state index in [1.807, 2.05) is 0 Å². The highest BCUT2D eigenvalue weighted by Crippen LogP contribution is 2.23. The Balaban J connectivity index is 2.02. The zero-order valence-electron chi connectivity index (χ0n) is 14.8. The number of esters is 1. The molecular weight excluding hydrogens is 364 g/mol. The molecule has 0 aliphatic rings. The summed E-state index contributed by atoms with van der Waals surface area (Å²) in [5, 5.41) is 25.3. The topological polar surface area (TPSA) is 134 Å². The Bertz CT molecular complexity index is 961. The molecule has 2 rings (SSSR count). The third kappa shape index (κ3) is 5.15. The molecule has 0 aromatic heterocycles. The van der Waals surface area contributed by atoms with Crippen LogP contribution in [0.3, 0.4) is 0 Å². The summed E-state index contributed by atoms with van der Waals surface area (Å²) in [5.41, 5.74) is 0.691. The molecule has 0 spiro atoms. The summed E-state index contributed by atoms with van der Waals surface area (Å²) in [7, 11) is 1.29. The number of amides is 1. The van der Waals surface area contributed by atoms with Crippen LogP contribution in [0.15, 0.2) is 60.3 Å². The monoisotopic (exact) mass is 380 g/mol. The number of ether oxygens (including phenoxy) is 1. The van der Waals surface area contributed by atoms with Crippen LogP contribution >= 0.6 is 0 Å². The van der Waals surface area contributed by atoms with E-state index in [2.05, 4.69) is 15.4 Å². The van der Waals surface area contributed by atoms with Gasteiger partial charge in [-0.2, -0.15) is 5.26 Å². The Labute approximate surface area is 160 Å². The SMILES string of the molecule is COC(=O)c1ccc(CN/C=C(/C#N)C(=O)Nc2ccccc2[N+](=O)[O-])cc1. The van der Waals surface area contributed by atoms with E-state index in [1.165, 1.54) is 37.6 Å². The van der Waals surface area contributed by atoms with E-state index in [1.54, 1.807) is 30.3 Å². The molecule has 0 fully saturated rings. The number of benzene rings is 2. The van der Waals surface area contributed by atoms with Crippen molar-refractivity contribution in [3.05, 3.63) is 81.5 Å². The molecule has 0 unspecified atom stereocenters. The van der Waals surface area contributed by atoms with Crippen molar-refractivity contribution < 1.29 is 19.2 Å². The maximum absolute atomic E-state index is 12.2. The minimum absolute atomic E-state index is 0.00273. The number of nitriles is 1. The maximum Gasteiger partial charge on any atom is 0.337 e. The Hall–Kier alpha value is -4.19. The number of anilines is 1. The molecule has 0 aliphatic carbocycles. The summed E-state index contributed by atoms with van der Waals surface area (Å²) < 4.78 is 4.61.